The van der Waals surface area contributed by atoms with Crippen molar-refractivity contribution in [1.82, 2.24) is 62.6 Å². The van der Waals surface area contributed by atoms with Crippen LogP contribution in [-0.2, 0) is 43.2 Å². The Bertz CT molecular complexity index is 2390. The Labute approximate surface area is 500 Å². The first-order chi connectivity index (χ1) is 39.1. The Morgan fingerprint density at radius 1 is 0.643 bits per heavy atom. The van der Waals surface area contributed by atoms with Crippen LogP contribution in [0.25, 0.3) is 0 Å². The second kappa shape index (κ2) is 33.0. The first-order valence-electron chi connectivity index (χ1n) is 30.8. The van der Waals surface area contributed by atoms with Crippen molar-refractivity contribution in [3.8, 4) is 0 Å². The molecule has 1 saturated heterocycles. The lowest BCUT2D eigenvalue weighted by molar-refractivity contribution is -0.139. The molecule has 476 valence electrons. The molecule has 3 rings (SSSR count). The van der Waals surface area contributed by atoms with Crippen molar-refractivity contribution in [2.45, 2.75) is 258 Å². The molecule has 5 atom stereocenters. The predicted octanol–water partition coefficient (Wildman–Crippen LogP) is 4.60. The van der Waals surface area contributed by atoms with E-state index in [2.05, 4.69) is 64.7 Å². The van der Waals surface area contributed by atoms with Crippen LogP contribution in [-0.4, -0.2) is 160 Å². The monoisotopic (exact) mass is 1180 g/mol. The maximum absolute atomic E-state index is 14.3. The predicted molar refractivity (Wildman–Crippen MR) is 322 cm³/mol. The summed E-state index contributed by atoms with van der Waals surface area (Å²) in [5.41, 5.74) is -4.89. The minimum Gasteiger partial charge on any atom is -0.448 e. The molecule has 1 aliphatic heterocycles. The lowest BCUT2D eigenvalue weighted by Crippen LogP contribution is -2.65. The van der Waals surface area contributed by atoms with E-state index in [0.717, 1.165) is 64.3 Å². The zero-order valence-corrected chi connectivity index (χ0v) is 53.7. The molecule has 10 amide bonds. The minimum atomic E-state index is -1.64. The van der Waals surface area contributed by atoms with E-state index in [1.165, 1.54) is 52.7 Å². The van der Waals surface area contributed by atoms with Crippen LogP contribution in [0.4, 0.5) is 0 Å². The highest BCUT2D eigenvalue weighted by Crippen LogP contribution is 2.30. The summed E-state index contributed by atoms with van der Waals surface area (Å²) in [4.78, 5) is 146. The number of oxazole rings is 1. The standard InChI is InChI=1S/C61H106N12O11/c1-17-18-19-20-21-22-26-42(64-53(79)47-27-25-32-73(47)54(80)46-36-84-41(8)63-46)49(75)65-44(34-39(4)5)51(77)69-59(11,12)56(82)67-43(33-38(2)3)50(76)66-45(35-40(6)7)52(78)70-60(13,14)57(83)71-58(9,10)55(81)62-31-28-48(74)68-61(37-72(15)16)29-23-24-30-61/h36,38-40,42-45,47H,17-35,37H2,1-16H3,(H,62,81)(H,64,79)(H,65,75)(H,66,76)(H,67,82)(H,68,74)(H,69,77)(H,70,78)(H,71,83)/t42?,43-,44-,45-,47-/m0/s1. The zero-order valence-electron chi connectivity index (χ0n) is 53.7. The van der Waals surface area contributed by atoms with E-state index >= 15 is 0 Å². The van der Waals surface area contributed by atoms with Gasteiger partial charge in [-0.1, -0.05) is 99.8 Å². The molecule has 23 heteroatoms. The molecule has 0 spiro atoms. The molecule has 1 aliphatic carbocycles. The fourth-order valence-electron chi connectivity index (χ4n) is 10.8. The number of likely N-dealkylation sites (N-methyl/N-ethyl adjacent to an activating group) is 1. The second-order valence-electron chi connectivity index (χ2n) is 26.6. The van der Waals surface area contributed by atoms with Crippen molar-refractivity contribution in [2.24, 2.45) is 17.8 Å². The van der Waals surface area contributed by atoms with Crippen LogP contribution in [0.2, 0.25) is 0 Å². The molecule has 0 aromatic carbocycles. The Hall–Kier alpha value is -6.13. The smallest absolute Gasteiger partial charge is 0.276 e. The number of rotatable bonds is 35. The van der Waals surface area contributed by atoms with Crippen LogP contribution in [0.5, 0.6) is 0 Å². The van der Waals surface area contributed by atoms with Crippen molar-refractivity contribution in [3.63, 3.8) is 0 Å². The van der Waals surface area contributed by atoms with E-state index in [-0.39, 0.29) is 73.5 Å². The van der Waals surface area contributed by atoms with Gasteiger partial charge in [0.15, 0.2) is 11.6 Å². The maximum atomic E-state index is 14.3. The molecule has 23 nitrogen and oxygen atoms in total. The molecule has 9 N–H and O–H groups in total. The average molecular weight is 1180 g/mol. The molecule has 0 radical (unpaired) electrons. The van der Waals surface area contributed by atoms with Gasteiger partial charge in [-0.15, -0.1) is 0 Å². The molecule has 2 aliphatic rings. The van der Waals surface area contributed by atoms with Crippen LogP contribution in [0.1, 0.15) is 216 Å². The van der Waals surface area contributed by atoms with Crippen molar-refractivity contribution in [1.29, 1.82) is 0 Å². The van der Waals surface area contributed by atoms with E-state index in [1.54, 1.807) is 6.92 Å². The van der Waals surface area contributed by atoms with Crippen LogP contribution in [0.3, 0.4) is 0 Å². The number of hydrogen-bond donors (Lipinski definition) is 9. The number of likely N-dealkylation sites (tertiary alicyclic amines) is 1. The Kier molecular flexibility index (Phi) is 28.3. The summed E-state index contributed by atoms with van der Waals surface area (Å²) in [5.74, 6) is -5.69. The summed E-state index contributed by atoms with van der Waals surface area (Å²) in [6.45, 7) is 25.0. The van der Waals surface area contributed by atoms with Gasteiger partial charge >= 0.3 is 0 Å². The van der Waals surface area contributed by atoms with E-state index in [9.17, 15) is 47.9 Å². The number of aryl methyl sites for hydroxylation is 1. The van der Waals surface area contributed by atoms with Gasteiger partial charge in [-0.2, -0.15) is 0 Å². The van der Waals surface area contributed by atoms with Gasteiger partial charge in [0.05, 0.1) is 5.54 Å². The summed E-state index contributed by atoms with van der Waals surface area (Å²) in [7, 11) is 3.94. The van der Waals surface area contributed by atoms with Crippen molar-refractivity contribution < 1.29 is 52.4 Å². The number of nitrogens with zero attached hydrogens (tertiary/aromatic N) is 3. The Balaban J connectivity index is 1.71. The first-order valence-corrected chi connectivity index (χ1v) is 30.8. The molecular formula is C61H106N12O11. The van der Waals surface area contributed by atoms with Crippen molar-refractivity contribution >= 4 is 59.1 Å². The van der Waals surface area contributed by atoms with E-state index in [1.807, 2.05) is 55.6 Å². The van der Waals surface area contributed by atoms with E-state index in [4.69, 9.17) is 4.42 Å². The molecule has 1 aromatic heterocycles. The summed E-state index contributed by atoms with van der Waals surface area (Å²) in [5, 5.41) is 25.6. The number of amides is 10. The molecule has 1 unspecified atom stereocenters. The molecule has 1 saturated carbocycles. The van der Waals surface area contributed by atoms with E-state index < -0.39 is 100.0 Å². The molecule has 2 heterocycles. The largest absolute Gasteiger partial charge is 0.448 e. The van der Waals surface area contributed by atoms with Crippen LogP contribution < -0.4 is 47.9 Å². The molecule has 0 bridgehead atoms. The van der Waals surface area contributed by atoms with Crippen LogP contribution in [0.15, 0.2) is 10.7 Å². The number of aromatic nitrogens is 1. The van der Waals surface area contributed by atoms with Crippen LogP contribution in [0, 0.1) is 24.7 Å². The lowest BCUT2D eigenvalue weighted by Gasteiger charge is -2.34. The highest BCUT2D eigenvalue weighted by molar-refractivity contribution is 6.00. The van der Waals surface area contributed by atoms with Gasteiger partial charge in [-0.05, 0) is 125 Å². The fourth-order valence-corrected chi connectivity index (χ4v) is 10.8. The number of carbonyl (C=O) groups is 10. The van der Waals surface area contributed by atoms with Gasteiger partial charge in [-0.25, -0.2) is 4.98 Å². The summed E-state index contributed by atoms with van der Waals surface area (Å²) in [6.07, 6.45) is 12.4. The zero-order chi connectivity index (χ0) is 63.3. The number of hydrogen-bond acceptors (Lipinski definition) is 13. The van der Waals surface area contributed by atoms with Gasteiger partial charge in [0.25, 0.3) is 5.91 Å². The molecule has 1 aromatic rings. The molecular weight excluding hydrogens is 1080 g/mol. The molecule has 84 heavy (non-hydrogen) atoms. The van der Waals surface area contributed by atoms with Crippen molar-refractivity contribution in [2.75, 3.05) is 33.7 Å². The van der Waals surface area contributed by atoms with Gasteiger partial charge < -0.3 is 62.1 Å². The Morgan fingerprint density at radius 2 is 1.14 bits per heavy atom. The number of unbranched alkanes of at least 4 members (excludes halogenated alkanes) is 5. The summed E-state index contributed by atoms with van der Waals surface area (Å²) in [6, 6.07) is -5.37. The Morgan fingerprint density at radius 3 is 1.65 bits per heavy atom. The molecule has 2 fully saturated rings. The van der Waals surface area contributed by atoms with Crippen molar-refractivity contribution in [3.05, 3.63) is 17.8 Å². The van der Waals surface area contributed by atoms with Gasteiger partial charge in [-0.3, -0.25) is 47.9 Å². The van der Waals surface area contributed by atoms with Gasteiger partial charge in [0, 0.05) is 33.0 Å². The summed E-state index contributed by atoms with van der Waals surface area (Å²) >= 11 is 0. The lowest BCUT2D eigenvalue weighted by atomic mass is 9.96. The van der Waals surface area contributed by atoms with Gasteiger partial charge in [0.1, 0.15) is 53.1 Å². The highest BCUT2D eigenvalue weighted by atomic mass is 16.3. The van der Waals surface area contributed by atoms with E-state index in [0.29, 0.717) is 31.7 Å². The quantitative estimate of drug-likeness (QED) is 0.0421. The topological polar surface area (TPSA) is 311 Å². The van der Waals surface area contributed by atoms with Crippen LogP contribution >= 0.6 is 0 Å². The first kappa shape index (κ1) is 72.1. The summed E-state index contributed by atoms with van der Waals surface area (Å²) < 4.78 is 5.25. The third kappa shape index (κ3) is 23.4. The average Bonchev–Trinajstić information content (AvgIpc) is 3.89. The maximum Gasteiger partial charge on any atom is 0.276 e. The second-order valence-corrected chi connectivity index (χ2v) is 26.6. The minimum absolute atomic E-state index is 0.0465. The van der Waals surface area contributed by atoms with Gasteiger partial charge in [0.2, 0.25) is 53.2 Å². The number of nitrogens with one attached hydrogen (secondary N) is 9. The normalized spacial score (nSPS) is 16.8. The highest BCUT2D eigenvalue weighted by Gasteiger charge is 2.42. The fraction of sp³-hybridized carbons (Fsp3) is 0.787. The third-order valence-corrected chi connectivity index (χ3v) is 15.4. The number of carbonyl (C=O) groups excluding carboxylic acids is 10. The SMILES string of the molecule is CCCCCCCCC(NC(=O)[C@@H]1CCCN1C(=O)c1coc(C)n1)C(=O)N[C@@H](CC(C)C)C(=O)NC(C)(C)C(=O)N[C@@H](CC(C)C)C(=O)N[C@@H](CC(C)C)C(=O)NC(C)(C)C(=O)NC(C)(C)C(=O)NCCC(=O)NC1(CN(C)C)CCCC1. The third-order valence-electron chi connectivity index (χ3n) is 15.4.